The molecule has 1 aromatic carbocycles. The molecule has 1 aliphatic rings. The Hall–Kier alpha value is -1.71. The van der Waals surface area contributed by atoms with Gasteiger partial charge in [-0.3, -0.25) is 4.79 Å². The van der Waals surface area contributed by atoms with Gasteiger partial charge in [-0.05, 0) is 31.4 Å². The summed E-state index contributed by atoms with van der Waals surface area (Å²) in [5, 5.41) is 0. The molecule has 1 saturated heterocycles. The number of carbonyl (C=O) groups excluding carboxylic acids is 1. The van der Waals surface area contributed by atoms with E-state index < -0.39 is 0 Å². The van der Waals surface area contributed by atoms with Crippen LogP contribution in [-0.2, 0) is 4.79 Å². The van der Waals surface area contributed by atoms with Crippen LogP contribution in [0.25, 0.3) is 0 Å². The second-order valence-electron chi connectivity index (χ2n) is 5.10. The van der Waals surface area contributed by atoms with Gasteiger partial charge in [0.05, 0.1) is 0 Å². The summed E-state index contributed by atoms with van der Waals surface area (Å²) in [6.45, 7) is 5.17. The lowest BCUT2D eigenvalue weighted by Gasteiger charge is -2.21. The minimum atomic E-state index is 0.0503. The zero-order valence-electron chi connectivity index (χ0n) is 10.9. The topological polar surface area (TPSA) is 55.6 Å². The lowest BCUT2D eigenvalue weighted by atomic mass is 10.1. The third-order valence-electron chi connectivity index (χ3n) is 3.32. The van der Waals surface area contributed by atoms with Gasteiger partial charge in [-0.15, -0.1) is 0 Å². The zero-order valence-corrected chi connectivity index (χ0v) is 10.9. The third kappa shape index (κ3) is 2.94. The van der Waals surface area contributed by atoms with Gasteiger partial charge in [-0.25, -0.2) is 0 Å². The molecule has 0 aromatic heterocycles. The fourth-order valence-electron chi connectivity index (χ4n) is 2.48. The first-order chi connectivity index (χ1) is 8.56. The van der Waals surface area contributed by atoms with E-state index in [0.717, 1.165) is 13.0 Å². The number of nitrogens with zero attached hydrogens (tertiary/aromatic N) is 1. The first kappa shape index (κ1) is 12.7. The molecule has 1 aliphatic heterocycles. The third-order valence-corrected chi connectivity index (χ3v) is 3.32. The Labute approximate surface area is 108 Å². The number of hydrogen-bond donors (Lipinski definition) is 1. The molecule has 0 radical (unpaired) electrons. The van der Waals surface area contributed by atoms with Gasteiger partial charge in [0.15, 0.2) is 6.61 Å². The number of ether oxygens (including phenoxy) is 1. The largest absolute Gasteiger partial charge is 0.484 e. The fraction of sp³-hybridized carbons (Fsp3) is 0.500. The summed E-state index contributed by atoms with van der Waals surface area (Å²) >= 11 is 0. The quantitative estimate of drug-likeness (QED) is 0.831. The number of benzene rings is 1. The van der Waals surface area contributed by atoms with Crippen LogP contribution in [0.5, 0.6) is 5.75 Å². The highest BCUT2D eigenvalue weighted by Gasteiger charge is 2.29. The smallest absolute Gasteiger partial charge is 0.260 e. The van der Waals surface area contributed by atoms with Crippen molar-refractivity contribution in [2.24, 2.45) is 5.92 Å². The Balaban J connectivity index is 1.89. The second kappa shape index (κ2) is 5.29. The predicted molar refractivity (Wildman–Crippen MR) is 71.3 cm³/mol. The zero-order chi connectivity index (χ0) is 13.1. The molecule has 18 heavy (non-hydrogen) atoms. The van der Waals surface area contributed by atoms with Crippen molar-refractivity contribution in [1.29, 1.82) is 0 Å². The van der Waals surface area contributed by atoms with E-state index in [2.05, 4.69) is 13.8 Å². The maximum atomic E-state index is 12.0. The minimum Gasteiger partial charge on any atom is -0.484 e. The molecule has 0 bridgehead atoms. The lowest BCUT2D eigenvalue weighted by molar-refractivity contribution is -0.134. The number of anilines is 1. The summed E-state index contributed by atoms with van der Waals surface area (Å²) in [6.07, 6.45) is 1.07. The minimum absolute atomic E-state index is 0.0503. The molecule has 0 spiro atoms. The Morgan fingerprint density at radius 2 is 2.28 bits per heavy atom. The van der Waals surface area contributed by atoms with Gasteiger partial charge in [0, 0.05) is 24.3 Å². The van der Waals surface area contributed by atoms with Crippen LogP contribution < -0.4 is 10.5 Å². The van der Waals surface area contributed by atoms with Crippen LogP contribution >= 0.6 is 0 Å². The molecular weight excluding hydrogens is 228 g/mol. The lowest BCUT2D eigenvalue weighted by Crippen LogP contribution is -2.37. The average Bonchev–Trinajstić information content (AvgIpc) is 2.66. The van der Waals surface area contributed by atoms with E-state index in [4.69, 9.17) is 10.5 Å². The Morgan fingerprint density at radius 1 is 1.50 bits per heavy atom. The predicted octanol–water partition coefficient (Wildman–Crippen LogP) is 1.90. The van der Waals surface area contributed by atoms with E-state index in [1.807, 2.05) is 11.0 Å². The highest BCUT2D eigenvalue weighted by atomic mass is 16.5. The van der Waals surface area contributed by atoms with E-state index in [1.54, 1.807) is 18.2 Å². The number of carbonyl (C=O) groups is 1. The standard InChI is InChI=1S/C14H20N2O2/c1-10-6-11(2)16(8-10)14(17)9-18-13-5-3-4-12(15)7-13/h3-5,7,10-11H,6,8-9,15H2,1-2H3. The van der Waals surface area contributed by atoms with Gasteiger partial charge in [0.1, 0.15) is 5.75 Å². The molecule has 0 saturated carbocycles. The van der Waals surface area contributed by atoms with Crippen LogP contribution in [-0.4, -0.2) is 30.0 Å². The maximum Gasteiger partial charge on any atom is 0.260 e. The molecule has 2 N–H and O–H groups in total. The molecule has 1 fully saturated rings. The van der Waals surface area contributed by atoms with Gasteiger partial charge >= 0.3 is 0 Å². The molecule has 4 heteroatoms. The van der Waals surface area contributed by atoms with Crippen LogP contribution in [0.15, 0.2) is 24.3 Å². The number of nitrogen functional groups attached to an aromatic ring is 1. The van der Waals surface area contributed by atoms with E-state index >= 15 is 0 Å². The van der Waals surface area contributed by atoms with Crippen molar-refractivity contribution in [2.75, 3.05) is 18.9 Å². The van der Waals surface area contributed by atoms with E-state index in [-0.39, 0.29) is 12.5 Å². The molecule has 2 atom stereocenters. The van der Waals surface area contributed by atoms with E-state index in [9.17, 15) is 4.79 Å². The number of hydrogen-bond acceptors (Lipinski definition) is 3. The summed E-state index contributed by atoms with van der Waals surface area (Å²) in [6, 6.07) is 7.45. The fourth-order valence-corrected chi connectivity index (χ4v) is 2.48. The van der Waals surface area contributed by atoms with Crippen molar-refractivity contribution in [3.8, 4) is 5.75 Å². The van der Waals surface area contributed by atoms with Crippen LogP contribution in [0.1, 0.15) is 20.3 Å². The van der Waals surface area contributed by atoms with Crippen LogP contribution in [0.3, 0.4) is 0 Å². The summed E-state index contributed by atoms with van der Waals surface area (Å²) in [7, 11) is 0. The number of likely N-dealkylation sites (tertiary alicyclic amines) is 1. The molecule has 2 unspecified atom stereocenters. The molecule has 1 aromatic rings. The van der Waals surface area contributed by atoms with Gasteiger partial charge < -0.3 is 15.4 Å². The summed E-state index contributed by atoms with van der Waals surface area (Å²) in [4.78, 5) is 13.9. The van der Waals surface area contributed by atoms with Crippen molar-refractivity contribution < 1.29 is 9.53 Å². The van der Waals surface area contributed by atoms with Gasteiger partial charge in [0.2, 0.25) is 0 Å². The molecule has 1 heterocycles. The monoisotopic (exact) mass is 248 g/mol. The van der Waals surface area contributed by atoms with Gasteiger partial charge in [-0.1, -0.05) is 13.0 Å². The average molecular weight is 248 g/mol. The van der Waals surface area contributed by atoms with E-state index in [0.29, 0.717) is 23.4 Å². The van der Waals surface area contributed by atoms with E-state index in [1.165, 1.54) is 0 Å². The summed E-state index contributed by atoms with van der Waals surface area (Å²) in [5.74, 6) is 1.27. The molecule has 1 amide bonds. The molecule has 98 valence electrons. The maximum absolute atomic E-state index is 12.0. The number of amides is 1. The van der Waals surface area contributed by atoms with Crippen molar-refractivity contribution in [3.63, 3.8) is 0 Å². The molecular formula is C14H20N2O2. The van der Waals surface area contributed by atoms with Crippen molar-refractivity contribution in [2.45, 2.75) is 26.3 Å². The first-order valence-electron chi connectivity index (χ1n) is 6.34. The first-order valence-corrected chi connectivity index (χ1v) is 6.34. The van der Waals surface area contributed by atoms with Crippen LogP contribution in [0.2, 0.25) is 0 Å². The highest BCUT2D eigenvalue weighted by molar-refractivity contribution is 5.78. The van der Waals surface area contributed by atoms with Crippen molar-refractivity contribution in [1.82, 2.24) is 4.90 Å². The molecule has 2 rings (SSSR count). The van der Waals surface area contributed by atoms with Gasteiger partial charge in [-0.2, -0.15) is 0 Å². The van der Waals surface area contributed by atoms with Crippen molar-refractivity contribution in [3.05, 3.63) is 24.3 Å². The second-order valence-corrected chi connectivity index (χ2v) is 5.10. The highest BCUT2D eigenvalue weighted by Crippen LogP contribution is 2.22. The van der Waals surface area contributed by atoms with Gasteiger partial charge in [0.25, 0.3) is 5.91 Å². The SMILES string of the molecule is CC1CC(C)N(C(=O)COc2cccc(N)c2)C1. The van der Waals surface area contributed by atoms with Crippen molar-refractivity contribution >= 4 is 11.6 Å². The number of nitrogens with two attached hydrogens (primary N) is 1. The Bertz CT molecular complexity index is 434. The van der Waals surface area contributed by atoms with Crippen LogP contribution in [0, 0.1) is 5.92 Å². The number of rotatable bonds is 3. The summed E-state index contributed by atoms with van der Waals surface area (Å²) < 4.78 is 5.47. The molecule has 4 nitrogen and oxygen atoms in total. The normalized spacial score (nSPS) is 23.1. The summed E-state index contributed by atoms with van der Waals surface area (Å²) in [5.41, 5.74) is 6.29. The van der Waals surface area contributed by atoms with Crippen LogP contribution in [0.4, 0.5) is 5.69 Å². The Morgan fingerprint density at radius 3 is 2.89 bits per heavy atom. The molecule has 0 aliphatic carbocycles. The Kier molecular flexibility index (Phi) is 3.75.